The van der Waals surface area contributed by atoms with Crippen LogP contribution in [0.15, 0.2) is 12.1 Å². The molecule has 1 heteroatoms. The molecule has 0 aliphatic rings. The molecule has 1 rings (SSSR count). The van der Waals surface area contributed by atoms with E-state index in [2.05, 4.69) is 32.9 Å². The highest BCUT2D eigenvalue weighted by Gasteiger charge is 2.11. The van der Waals surface area contributed by atoms with Gasteiger partial charge in [-0.1, -0.05) is 104 Å². The normalized spacial score (nSPS) is 11.2. The lowest BCUT2D eigenvalue weighted by molar-refractivity contribution is 0.463. The van der Waals surface area contributed by atoms with Crippen molar-refractivity contribution in [1.29, 1.82) is 0 Å². The Labute approximate surface area is 176 Å². The van der Waals surface area contributed by atoms with Crippen LogP contribution in [0.4, 0.5) is 0 Å². The summed E-state index contributed by atoms with van der Waals surface area (Å²) in [6, 6.07) is 4.50. The molecule has 0 bridgehead atoms. The Morgan fingerprint density at radius 1 is 0.536 bits per heavy atom. The Balaban J connectivity index is 2.66. The number of phenols is 1. The van der Waals surface area contributed by atoms with E-state index in [1.807, 2.05) is 0 Å². The van der Waals surface area contributed by atoms with E-state index >= 15 is 0 Å². The zero-order valence-corrected chi connectivity index (χ0v) is 19.3. The monoisotopic (exact) mass is 388 g/mol. The van der Waals surface area contributed by atoms with Gasteiger partial charge >= 0.3 is 0 Å². The van der Waals surface area contributed by atoms with Gasteiger partial charge in [0.25, 0.3) is 0 Å². The number of aryl methyl sites for hydroxylation is 2. The van der Waals surface area contributed by atoms with Crippen molar-refractivity contribution in [2.24, 2.45) is 0 Å². The van der Waals surface area contributed by atoms with E-state index < -0.39 is 0 Å². The summed E-state index contributed by atoms with van der Waals surface area (Å²) in [6.07, 6.45) is 23.0. The molecular formula is C27H48O. The van der Waals surface area contributed by atoms with Gasteiger partial charge in [0.2, 0.25) is 0 Å². The lowest BCUT2D eigenvalue weighted by Crippen LogP contribution is -1.99. The lowest BCUT2D eigenvalue weighted by Gasteiger charge is -2.15. The fourth-order valence-corrected chi connectivity index (χ4v) is 4.19. The van der Waals surface area contributed by atoms with Crippen LogP contribution in [0.1, 0.15) is 134 Å². The van der Waals surface area contributed by atoms with Gasteiger partial charge in [0.05, 0.1) is 0 Å². The summed E-state index contributed by atoms with van der Waals surface area (Å²) in [7, 11) is 0. The van der Waals surface area contributed by atoms with Crippen LogP contribution < -0.4 is 0 Å². The standard InChI is InChI=1S/C27H48O/c1-4-7-10-13-16-19-24-22-25(20-17-14-11-8-5-2)26(27(28)23-24)21-18-15-12-9-6-3/h22-23,28H,4-21H2,1-3H3. The Hall–Kier alpha value is -0.980. The average Bonchev–Trinajstić information content (AvgIpc) is 2.69. The van der Waals surface area contributed by atoms with Crippen molar-refractivity contribution in [2.45, 2.75) is 136 Å². The SMILES string of the molecule is CCCCCCCc1cc(O)c(CCCCCCC)c(CCCCCCC)c1. The van der Waals surface area contributed by atoms with Crippen molar-refractivity contribution in [3.63, 3.8) is 0 Å². The summed E-state index contributed by atoms with van der Waals surface area (Å²) in [4.78, 5) is 0. The molecule has 0 unspecified atom stereocenters. The Morgan fingerprint density at radius 3 is 1.54 bits per heavy atom. The van der Waals surface area contributed by atoms with Crippen LogP contribution in [0, 0.1) is 0 Å². The molecule has 0 atom stereocenters. The van der Waals surface area contributed by atoms with Crippen molar-refractivity contribution < 1.29 is 5.11 Å². The summed E-state index contributed by atoms with van der Waals surface area (Å²) in [5.41, 5.74) is 4.05. The summed E-state index contributed by atoms with van der Waals surface area (Å²) in [6.45, 7) is 6.81. The number of rotatable bonds is 18. The summed E-state index contributed by atoms with van der Waals surface area (Å²) < 4.78 is 0. The third-order valence-electron chi connectivity index (χ3n) is 6.03. The van der Waals surface area contributed by atoms with Crippen molar-refractivity contribution in [3.8, 4) is 5.75 Å². The van der Waals surface area contributed by atoms with Gasteiger partial charge in [-0.15, -0.1) is 0 Å². The van der Waals surface area contributed by atoms with Crippen LogP contribution >= 0.6 is 0 Å². The molecule has 0 fully saturated rings. The highest BCUT2D eigenvalue weighted by atomic mass is 16.3. The van der Waals surface area contributed by atoms with Crippen molar-refractivity contribution in [2.75, 3.05) is 0 Å². The second-order valence-corrected chi connectivity index (χ2v) is 8.75. The van der Waals surface area contributed by atoms with Gasteiger partial charge in [0.15, 0.2) is 0 Å². The topological polar surface area (TPSA) is 20.2 Å². The molecule has 1 N–H and O–H groups in total. The van der Waals surface area contributed by atoms with Crippen molar-refractivity contribution in [3.05, 3.63) is 28.8 Å². The molecule has 0 amide bonds. The predicted octanol–water partition coefficient (Wildman–Crippen LogP) is 8.93. The molecule has 0 radical (unpaired) electrons. The molecule has 1 aromatic carbocycles. The fraction of sp³-hybridized carbons (Fsp3) is 0.778. The minimum atomic E-state index is 0.574. The van der Waals surface area contributed by atoms with Gasteiger partial charge < -0.3 is 5.11 Å². The smallest absolute Gasteiger partial charge is 0.119 e. The molecule has 0 saturated heterocycles. The minimum absolute atomic E-state index is 0.574. The molecule has 162 valence electrons. The predicted molar refractivity (Wildman–Crippen MR) is 125 cm³/mol. The van der Waals surface area contributed by atoms with Crippen LogP contribution in [0.3, 0.4) is 0 Å². The molecule has 0 spiro atoms. The minimum Gasteiger partial charge on any atom is -0.508 e. The van der Waals surface area contributed by atoms with E-state index in [9.17, 15) is 5.11 Å². The van der Waals surface area contributed by atoms with Gasteiger partial charge in [-0.3, -0.25) is 0 Å². The average molecular weight is 389 g/mol. The van der Waals surface area contributed by atoms with E-state index in [1.54, 1.807) is 0 Å². The molecule has 0 heterocycles. The summed E-state index contributed by atoms with van der Waals surface area (Å²) in [5, 5.41) is 10.8. The maximum atomic E-state index is 10.8. The van der Waals surface area contributed by atoms with Gasteiger partial charge in [0.1, 0.15) is 5.75 Å². The molecule has 1 nitrogen and oxygen atoms in total. The third-order valence-corrected chi connectivity index (χ3v) is 6.03. The Morgan fingerprint density at radius 2 is 1.00 bits per heavy atom. The van der Waals surface area contributed by atoms with Crippen LogP contribution in [0.25, 0.3) is 0 Å². The Kier molecular flexibility index (Phi) is 15.1. The van der Waals surface area contributed by atoms with E-state index in [4.69, 9.17) is 0 Å². The number of unbranched alkanes of at least 4 members (excludes halogenated alkanes) is 12. The largest absolute Gasteiger partial charge is 0.508 e. The van der Waals surface area contributed by atoms with Crippen LogP contribution in [0.2, 0.25) is 0 Å². The van der Waals surface area contributed by atoms with Gasteiger partial charge in [-0.2, -0.15) is 0 Å². The third kappa shape index (κ3) is 11.1. The molecule has 0 aromatic heterocycles. The zero-order chi connectivity index (χ0) is 20.5. The fourth-order valence-electron chi connectivity index (χ4n) is 4.19. The number of benzene rings is 1. The molecule has 1 aromatic rings. The number of phenolic OH excluding ortho intramolecular Hbond substituents is 1. The van der Waals surface area contributed by atoms with E-state index in [-0.39, 0.29) is 0 Å². The second kappa shape index (κ2) is 16.9. The molecule has 0 aliphatic heterocycles. The molecule has 0 aliphatic carbocycles. The first kappa shape index (κ1) is 25.1. The van der Waals surface area contributed by atoms with Crippen LogP contribution in [-0.2, 0) is 19.3 Å². The Bertz CT molecular complexity index is 491. The first-order valence-corrected chi connectivity index (χ1v) is 12.6. The maximum absolute atomic E-state index is 10.8. The first-order valence-electron chi connectivity index (χ1n) is 12.6. The maximum Gasteiger partial charge on any atom is 0.119 e. The van der Waals surface area contributed by atoms with Crippen LogP contribution in [0.5, 0.6) is 5.75 Å². The quantitative estimate of drug-likeness (QED) is 0.249. The zero-order valence-electron chi connectivity index (χ0n) is 19.3. The summed E-state index contributed by atoms with van der Waals surface area (Å²) >= 11 is 0. The number of hydrogen-bond acceptors (Lipinski definition) is 1. The summed E-state index contributed by atoms with van der Waals surface area (Å²) in [5.74, 6) is 0.574. The van der Waals surface area contributed by atoms with Gasteiger partial charge in [-0.05, 0) is 61.3 Å². The second-order valence-electron chi connectivity index (χ2n) is 8.75. The lowest BCUT2D eigenvalue weighted by atomic mass is 9.92. The van der Waals surface area contributed by atoms with Crippen molar-refractivity contribution >= 4 is 0 Å². The highest BCUT2D eigenvalue weighted by molar-refractivity contribution is 5.43. The molecule has 0 saturated carbocycles. The number of hydrogen-bond donors (Lipinski definition) is 1. The van der Waals surface area contributed by atoms with E-state index in [0.717, 1.165) is 19.3 Å². The highest BCUT2D eigenvalue weighted by Crippen LogP contribution is 2.28. The number of aromatic hydroxyl groups is 1. The van der Waals surface area contributed by atoms with Gasteiger partial charge in [-0.25, -0.2) is 0 Å². The first-order chi connectivity index (χ1) is 13.7. The van der Waals surface area contributed by atoms with Crippen LogP contribution in [-0.4, -0.2) is 5.11 Å². The van der Waals surface area contributed by atoms with Crippen molar-refractivity contribution in [1.82, 2.24) is 0 Å². The van der Waals surface area contributed by atoms with E-state index in [1.165, 1.54) is 113 Å². The van der Waals surface area contributed by atoms with Gasteiger partial charge in [0, 0.05) is 0 Å². The van der Waals surface area contributed by atoms with E-state index in [0.29, 0.717) is 5.75 Å². The molecule has 28 heavy (non-hydrogen) atoms. The molecular weight excluding hydrogens is 340 g/mol.